The van der Waals surface area contributed by atoms with E-state index in [0.29, 0.717) is 0 Å². The highest BCUT2D eigenvalue weighted by molar-refractivity contribution is 6.40. The molecule has 0 saturated heterocycles. The van der Waals surface area contributed by atoms with Crippen molar-refractivity contribution in [2.75, 3.05) is 5.73 Å². The summed E-state index contributed by atoms with van der Waals surface area (Å²) >= 11 is 11.6. The number of hydrogen-bond acceptors (Lipinski definition) is 2. The molecular formula is C13H15Cl2FN2O. The third kappa shape index (κ3) is 3.12. The summed E-state index contributed by atoms with van der Waals surface area (Å²) in [7, 11) is 0. The first-order valence-corrected chi connectivity index (χ1v) is 7.00. The number of carbonyl (C=O) groups excluding carboxylic acids is 1. The minimum absolute atomic E-state index is 0.000269. The summed E-state index contributed by atoms with van der Waals surface area (Å²) in [4.78, 5) is 12.1. The van der Waals surface area contributed by atoms with Gasteiger partial charge in [-0.3, -0.25) is 4.79 Å². The van der Waals surface area contributed by atoms with Crippen LogP contribution in [0.1, 0.15) is 42.5 Å². The molecule has 3 nitrogen and oxygen atoms in total. The number of benzene rings is 1. The van der Waals surface area contributed by atoms with Crippen LogP contribution in [0.25, 0.3) is 0 Å². The van der Waals surface area contributed by atoms with Gasteiger partial charge in [0.15, 0.2) is 0 Å². The van der Waals surface area contributed by atoms with Gasteiger partial charge in [0.25, 0.3) is 5.91 Å². The van der Waals surface area contributed by atoms with Crippen LogP contribution < -0.4 is 11.1 Å². The second-order valence-corrected chi connectivity index (χ2v) is 5.51. The predicted molar refractivity (Wildman–Crippen MR) is 75.2 cm³/mol. The quantitative estimate of drug-likeness (QED) is 0.645. The monoisotopic (exact) mass is 304 g/mol. The molecule has 0 heterocycles. The second-order valence-electron chi connectivity index (χ2n) is 4.76. The first kappa shape index (κ1) is 14.4. The maximum atomic E-state index is 13.5. The molecule has 0 spiro atoms. The molecule has 3 N–H and O–H groups in total. The summed E-state index contributed by atoms with van der Waals surface area (Å²) in [6.45, 7) is 0. The normalized spacial score (nSPS) is 16.4. The van der Waals surface area contributed by atoms with Gasteiger partial charge in [0, 0.05) is 6.04 Å². The Morgan fingerprint density at radius 3 is 2.53 bits per heavy atom. The second kappa shape index (κ2) is 5.97. The third-order valence-corrected chi connectivity index (χ3v) is 4.17. The van der Waals surface area contributed by atoms with Gasteiger partial charge in [0.2, 0.25) is 0 Å². The van der Waals surface area contributed by atoms with E-state index in [4.69, 9.17) is 28.9 Å². The van der Waals surface area contributed by atoms with Crippen LogP contribution in [-0.2, 0) is 0 Å². The molecule has 1 fully saturated rings. The van der Waals surface area contributed by atoms with Crippen LogP contribution in [-0.4, -0.2) is 11.9 Å². The van der Waals surface area contributed by atoms with E-state index in [1.807, 2.05) is 0 Å². The number of nitrogen functional groups attached to an aromatic ring is 1. The Bertz CT molecular complexity index is 502. The number of hydrogen-bond donors (Lipinski definition) is 2. The molecule has 1 aromatic carbocycles. The fourth-order valence-corrected chi connectivity index (χ4v) is 2.73. The molecule has 6 heteroatoms. The van der Waals surface area contributed by atoms with Crippen LogP contribution in [0.15, 0.2) is 6.07 Å². The first-order chi connectivity index (χ1) is 9.00. The van der Waals surface area contributed by atoms with Gasteiger partial charge in [0.1, 0.15) is 10.8 Å². The molecule has 19 heavy (non-hydrogen) atoms. The average molecular weight is 305 g/mol. The lowest BCUT2D eigenvalue weighted by molar-refractivity contribution is 0.0927. The maximum absolute atomic E-state index is 13.5. The van der Waals surface area contributed by atoms with Gasteiger partial charge in [-0.1, -0.05) is 42.5 Å². The molecule has 0 atom stereocenters. The van der Waals surface area contributed by atoms with Crippen molar-refractivity contribution >= 4 is 34.8 Å². The van der Waals surface area contributed by atoms with Crippen molar-refractivity contribution in [3.8, 4) is 0 Å². The molecule has 1 saturated carbocycles. The minimum atomic E-state index is -0.739. The molecule has 0 aliphatic heterocycles. The van der Waals surface area contributed by atoms with Crippen molar-refractivity contribution in [2.24, 2.45) is 0 Å². The number of carbonyl (C=O) groups is 1. The Labute approximate surface area is 121 Å². The summed E-state index contributed by atoms with van der Waals surface area (Å²) in [5.41, 5.74) is 5.50. The molecule has 1 aliphatic carbocycles. The van der Waals surface area contributed by atoms with Gasteiger partial charge in [-0.05, 0) is 18.9 Å². The lowest BCUT2D eigenvalue weighted by atomic mass is 9.95. The standard InChI is InChI=1S/C13H15Cl2FN2O/c14-10-8(6-9(16)11(15)12(10)17)13(19)18-7-4-2-1-3-5-7/h6-7H,1-5,17H2,(H,18,19). The maximum Gasteiger partial charge on any atom is 0.253 e. The van der Waals surface area contributed by atoms with Gasteiger partial charge in [0.05, 0.1) is 16.3 Å². The van der Waals surface area contributed by atoms with E-state index in [1.165, 1.54) is 6.42 Å². The largest absolute Gasteiger partial charge is 0.396 e. The van der Waals surface area contributed by atoms with Crippen LogP contribution in [0.3, 0.4) is 0 Å². The molecule has 1 amide bonds. The Balaban J connectivity index is 2.19. The number of halogens is 3. The van der Waals surface area contributed by atoms with Crippen molar-refractivity contribution in [1.29, 1.82) is 0 Å². The summed E-state index contributed by atoms with van der Waals surface area (Å²) in [6.07, 6.45) is 5.26. The predicted octanol–water partition coefficient (Wildman–Crippen LogP) is 3.78. The van der Waals surface area contributed by atoms with E-state index < -0.39 is 11.7 Å². The Kier molecular flexibility index (Phi) is 4.53. The van der Waals surface area contributed by atoms with Crippen molar-refractivity contribution in [1.82, 2.24) is 5.32 Å². The Morgan fingerprint density at radius 1 is 1.26 bits per heavy atom. The van der Waals surface area contributed by atoms with Crippen LogP contribution >= 0.6 is 23.2 Å². The molecular weight excluding hydrogens is 290 g/mol. The molecule has 1 aliphatic rings. The molecule has 104 valence electrons. The average Bonchev–Trinajstić information content (AvgIpc) is 2.41. The van der Waals surface area contributed by atoms with E-state index in [0.717, 1.165) is 31.7 Å². The summed E-state index contributed by atoms with van der Waals surface area (Å²) in [5, 5.41) is 2.61. The molecule has 2 rings (SSSR count). The number of nitrogens with two attached hydrogens (primary N) is 1. The van der Waals surface area contributed by atoms with Crippen LogP contribution in [0.4, 0.5) is 10.1 Å². The molecule has 0 aromatic heterocycles. The fraction of sp³-hybridized carbons (Fsp3) is 0.462. The zero-order valence-electron chi connectivity index (χ0n) is 10.3. The van der Waals surface area contributed by atoms with E-state index in [-0.39, 0.29) is 27.3 Å². The van der Waals surface area contributed by atoms with Crippen molar-refractivity contribution in [3.05, 3.63) is 27.5 Å². The van der Waals surface area contributed by atoms with E-state index in [1.54, 1.807) is 0 Å². The van der Waals surface area contributed by atoms with Gasteiger partial charge in [-0.2, -0.15) is 0 Å². The number of amides is 1. The summed E-state index contributed by atoms with van der Waals surface area (Å²) in [5.74, 6) is -1.14. The highest BCUT2D eigenvalue weighted by Crippen LogP contribution is 2.33. The zero-order valence-corrected chi connectivity index (χ0v) is 11.8. The highest BCUT2D eigenvalue weighted by Gasteiger charge is 2.21. The Morgan fingerprint density at radius 2 is 1.89 bits per heavy atom. The van der Waals surface area contributed by atoms with E-state index in [2.05, 4.69) is 5.32 Å². The van der Waals surface area contributed by atoms with Gasteiger partial charge < -0.3 is 11.1 Å². The van der Waals surface area contributed by atoms with E-state index in [9.17, 15) is 9.18 Å². The van der Waals surface area contributed by atoms with E-state index >= 15 is 0 Å². The third-order valence-electron chi connectivity index (χ3n) is 3.38. The van der Waals surface area contributed by atoms with Crippen LogP contribution in [0.5, 0.6) is 0 Å². The van der Waals surface area contributed by atoms with Crippen LogP contribution in [0, 0.1) is 5.82 Å². The molecule has 0 bridgehead atoms. The van der Waals surface area contributed by atoms with Gasteiger partial charge >= 0.3 is 0 Å². The molecule has 0 unspecified atom stereocenters. The zero-order chi connectivity index (χ0) is 14.0. The summed E-state index contributed by atoms with van der Waals surface area (Å²) in [6, 6.07) is 1.15. The number of nitrogens with one attached hydrogen (secondary N) is 1. The lowest BCUT2D eigenvalue weighted by Gasteiger charge is -2.23. The fourth-order valence-electron chi connectivity index (χ4n) is 2.30. The summed E-state index contributed by atoms with van der Waals surface area (Å²) < 4.78 is 13.5. The SMILES string of the molecule is Nc1c(Cl)c(F)cc(C(=O)NC2CCCCC2)c1Cl. The Hall–Kier alpha value is -1.00. The number of rotatable bonds is 2. The molecule has 0 radical (unpaired) electrons. The van der Waals surface area contributed by atoms with Crippen molar-refractivity contribution in [2.45, 2.75) is 38.1 Å². The van der Waals surface area contributed by atoms with Gasteiger partial charge in [-0.25, -0.2) is 4.39 Å². The van der Waals surface area contributed by atoms with Crippen molar-refractivity contribution in [3.63, 3.8) is 0 Å². The number of anilines is 1. The van der Waals surface area contributed by atoms with Crippen LogP contribution in [0.2, 0.25) is 10.0 Å². The van der Waals surface area contributed by atoms with Gasteiger partial charge in [-0.15, -0.1) is 0 Å². The first-order valence-electron chi connectivity index (χ1n) is 6.24. The highest BCUT2D eigenvalue weighted by atomic mass is 35.5. The smallest absolute Gasteiger partial charge is 0.253 e. The topological polar surface area (TPSA) is 55.1 Å². The minimum Gasteiger partial charge on any atom is -0.396 e. The van der Waals surface area contributed by atoms with Crippen molar-refractivity contribution < 1.29 is 9.18 Å². The molecule has 1 aromatic rings. The lowest BCUT2D eigenvalue weighted by Crippen LogP contribution is -2.36.